The molecule has 0 aliphatic heterocycles. The molecule has 0 unspecified atom stereocenters. The van der Waals surface area contributed by atoms with E-state index in [4.69, 9.17) is 15.2 Å². The van der Waals surface area contributed by atoms with Crippen LogP contribution in [0.3, 0.4) is 0 Å². The number of anilines is 2. The third kappa shape index (κ3) is 2.88. The lowest BCUT2D eigenvalue weighted by Gasteiger charge is -2.49. The number of nitrogens with zero attached hydrogens (tertiary/aromatic N) is 2. The molecular weight excluding hydrogens is 266 g/mol. The van der Waals surface area contributed by atoms with Crippen LogP contribution in [0, 0.1) is 0 Å². The van der Waals surface area contributed by atoms with E-state index < -0.39 is 0 Å². The van der Waals surface area contributed by atoms with E-state index in [2.05, 4.69) is 30.9 Å². The molecule has 2 N–H and O–H groups in total. The van der Waals surface area contributed by atoms with Crippen molar-refractivity contribution in [1.82, 2.24) is 4.90 Å². The van der Waals surface area contributed by atoms with Crippen molar-refractivity contribution < 1.29 is 9.47 Å². The minimum absolute atomic E-state index is 0.258. The van der Waals surface area contributed by atoms with E-state index in [1.54, 1.807) is 14.2 Å². The highest BCUT2D eigenvalue weighted by Crippen LogP contribution is 2.40. The monoisotopic (exact) mass is 293 g/mol. The second-order valence-electron chi connectivity index (χ2n) is 6.09. The number of benzene rings is 1. The number of hydrogen-bond donors (Lipinski definition) is 1. The normalized spacial score (nSPS) is 16.5. The SMILES string of the molecule is COc1cc(N)c(N(C)CC2(N(C)C)CCC2)cc1OC. The average molecular weight is 293 g/mol. The number of nitrogens with two attached hydrogens (primary N) is 1. The Labute approximate surface area is 127 Å². The van der Waals surface area contributed by atoms with Crippen molar-refractivity contribution in [3.8, 4) is 11.5 Å². The fourth-order valence-electron chi connectivity index (χ4n) is 3.07. The zero-order valence-corrected chi connectivity index (χ0v) is 13.8. The van der Waals surface area contributed by atoms with Gasteiger partial charge in [-0.05, 0) is 33.4 Å². The molecule has 2 rings (SSSR count). The van der Waals surface area contributed by atoms with Crippen LogP contribution in [-0.4, -0.2) is 52.3 Å². The van der Waals surface area contributed by atoms with Gasteiger partial charge in [-0.3, -0.25) is 0 Å². The summed E-state index contributed by atoms with van der Waals surface area (Å²) >= 11 is 0. The lowest BCUT2D eigenvalue weighted by Crippen LogP contribution is -2.56. The molecule has 0 spiro atoms. The van der Waals surface area contributed by atoms with Crippen molar-refractivity contribution in [2.24, 2.45) is 0 Å². The second-order valence-corrected chi connectivity index (χ2v) is 6.09. The first-order valence-electron chi connectivity index (χ1n) is 7.33. The van der Waals surface area contributed by atoms with Crippen molar-refractivity contribution in [3.63, 3.8) is 0 Å². The van der Waals surface area contributed by atoms with Gasteiger partial charge in [-0.25, -0.2) is 0 Å². The van der Waals surface area contributed by atoms with Gasteiger partial charge in [-0.1, -0.05) is 0 Å². The Morgan fingerprint density at radius 2 is 1.67 bits per heavy atom. The summed E-state index contributed by atoms with van der Waals surface area (Å²) in [4.78, 5) is 4.56. The van der Waals surface area contributed by atoms with E-state index >= 15 is 0 Å². The molecule has 0 heterocycles. The van der Waals surface area contributed by atoms with E-state index in [-0.39, 0.29) is 5.54 Å². The predicted molar refractivity (Wildman–Crippen MR) is 87.5 cm³/mol. The van der Waals surface area contributed by atoms with Crippen LogP contribution < -0.4 is 20.1 Å². The summed E-state index contributed by atoms with van der Waals surface area (Å²) in [7, 11) is 9.66. The van der Waals surface area contributed by atoms with Crippen LogP contribution in [0.4, 0.5) is 11.4 Å². The standard InChI is InChI=1S/C16H27N3O2/c1-18(2)16(7-6-8-16)11-19(3)13-10-15(21-5)14(20-4)9-12(13)17/h9-10H,6-8,11,17H2,1-5H3. The highest BCUT2D eigenvalue weighted by atomic mass is 16.5. The van der Waals surface area contributed by atoms with E-state index in [9.17, 15) is 0 Å². The number of methoxy groups -OCH3 is 2. The highest BCUT2D eigenvalue weighted by Gasteiger charge is 2.40. The Hall–Kier alpha value is -1.62. The molecule has 5 nitrogen and oxygen atoms in total. The van der Waals surface area contributed by atoms with Crippen molar-refractivity contribution in [1.29, 1.82) is 0 Å². The average Bonchev–Trinajstić information content (AvgIpc) is 2.41. The van der Waals surface area contributed by atoms with Crippen LogP contribution in [-0.2, 0) is 0 Å². The first kappa shape index (κ1) is 15.8. The van der Waals surface area contributed by atoms with Gasteiger partial charge >= 0.3 is 0 Å². The van der Waals surface area contributed by atoms with Gasteiger partial charge in [0.25, 0.3) is 0 Å². The number of rotatable bonds is 6. The minimum atomic E-state index is 0.258. The predicted octanol–water partition coefficient (Wildman–Crippen LogP) is 2.21. The Morgan fingerprint density at radius 3 is 2.10 bits per heavy atom. The van der Waals surface area contributed by atoms with Gasteiger partial charge in [-0.15, -0.1) is 0 Å². The lowest BCUT2D eigenvalue weighted by atomic mass is 9.75. The van der Waals surface area contributed by atoms with Crippen LogP contribution in [0.1, 0.15) is 19.3 Å². The molecular formula is C16H27N3O2. The topological polar surface area (TPSA) is 51.0 Å². The molecule has 0 amide bonds. The molecule has 1 saturated carbocycles. The zero-order valence-electron chi connectivity index (χ0n) is 13.8. The van der Waals surface area contributed by atoms with Crippen molar-refractivity contribution in [2.75, 3.05) is 52.5 Å². The molecule has 0 radical (unpaired) electrons. The molecule has 5 heteroatoms. The molecule has 1 aliphatic rings. The number of hydrogen-bond acceptors (Lipinski definition) is 5. The van der Waals surface area contributed by atoms with Crippen LogP contribution in [0.2, 0.25) is 0 Å². The Balaban J connectivity index is 2.24. The molecule has 21 heavy (non-hydrogen) atoms. The maximum absolute atomic E-state index is 6.19. The highest BCUT2D eigenvalue weighted by molar-refractivity contribution is 5.73. The Kier molecular flexibility index (Phi) is 4.52. The lowest BCUT2D eigenvalue weighted by molar-refractivity contribution is 0.0683. The summed E-state index contributed by atoms with van der Waals surface area (Å²) in [5.41, 5.74) is 8.14. The van der Waals surface area contributed by atoms with Gasteiger partial charge in [0.15, 0.2) is 11.5 Å². The van der Waals surface area contributed by atoms with E-state index in [0.717, 1.165) is 12.2 Å². The number of nitrogen functional groups attached to an aromatic ring is 1. The minimum Gasteiger partial charge on any atom is -0.493 e. The molecule has 1 aromatic rings. The van der Waals surface area contributed by atoms with Crippen LogP contribution >= 0.6 is 0 Å². The van der Waals surface area contributed by atoms with Crippen LogP contribution in [0.25, 0.3) is 0 Å². The molecule has 1 aliphatic carbocycles. The van der Waals surface area contributed by atoms with Crippen LogP contribution in [0.5, 0.6) is 11.5 Å². The molecule has 0 bridgehead atoms. The molecule has 0 aromatic heterocycles. The van der Waals surface area contributed by atoms with E-state index in [1.807, 2.05) is 12.1 Å². The largest absolute Gasteiger partial charge is 0.493 e. The van der Waals surface area contributed by atoms with Gasteiger partial charge in [0.1, 0.15) is 0 Å². The molecule has 0 saturated heterocycles. The fourth-order valence-corrected chi connectivity index (χ4v) is 3.07. The maximum atomic E-state index is 6.19. The van der Waals surface area contributed by atoms with E-state index in [0.29, 0.717) is 17.2 Å². The van der Waals surface area contributed by atoms with Crippen LogP contribution in [0.15, 0.2) is 12.1 Å². The number of ether oxygens (including phenoxy) is 2. The summed E-state index contributed by atoms with van der Waals surface area (Å²) in [6.45, 7) is 0.958. The second kappa shape index (κ2) is 6.02. The first-order chi connectivity index (χ1) is 9.93. The Bertz CT molecular complexity index is 499. The molecule has 0 atom stereocenters. The van der Waals surface area contributed by atoms with Crippen molar-refractivity contribution in [2.45, 2.75) is 24.8 Å². The zero-order chi connectivity index (χ0) is 15.6. The van der Waals surface area contributed by atoms with Crippen molar-refractivity contribution >= 4 is 11.4 Å². The van der Waals surface area contributed by atoms with E-state index in [1.165, 1.54) is 19.3 Å². The number of likely N-dealkylation sites (N-methyl/N-ethyl adjacent to an activating group) is 2. The van der Waals surface area contributed by atoms with Crippen molar-refractivity contribution in [3.05, 3.63) is 12.1 Å². The van der Waals surface area contributed by atoms with Gasteiger partial charge in [0, 0.05) is 31.3 Å². The van der Waals surface area contributed by atoms with Gasteiger partial charge in [-0.2, -0.15) is 0 Å². The summed E-state index contributed by atoms with van der Waals surface area (Å²) in [6.07, 6.45) is 3.77. The summed E-state index contributed by atoms with van der Waals surface area (Å²) in [6, 6.07) is 3.78. The molecule has 118 valence electrons. The summed E-state index contributed by atoms with van der Waals surface area (Å²) < 4.78 is 10.7. The van der Waals surface area contributed by atoms with Gasteiger partial charge in [0.2, 0.25) is 0 Å². The summed E-state index contributed by atoms with van der Waals surface area (Å²) in [5, 5.41) is 0. The summed E-state index contributed by atoms with van der Waals surface area (Å²) in [5.74, 6) is 1.37. The smallest absolute Gasteiger partial charge is 0.162 e. The third-order valence-corrected chi connectivity index (χ3v) is 4.71. The van der Waals surface area contributed by atoms with Gasteiger partial charge < -0.3 is 25.0 Å². The third-order valence-electron chi connectivity index (χ3n) is 4.71. The van der Waals surface area contributed by atoms with Gasteiger partial charge in [0.05, 0.1) is 25.6 Å². The first-order valence-corrected chi connectivity index (χ1v) is 7.33. The quantitative estimate of drug-likeness (QED) is 0.815. The fraction of sp³-hybridized carbons (Fsp3) is 0.625. The molecule has 1 aromatic carbocycles. The molecule has 1 fully saturated rings. The maximum Gasteiger partial charge on any atom is 0.162 e. The Morgan fingerprint density at radius 1 is 1.10 bits per heavy atom.